The van der Waals surface area contributed by atoms with Crippen LogP contribution in [0, 0.1) is 11.3 Å². The third kappa shape index (κ3) is 2.57. The molecule has 0 fully saturated rings. The Labute approximate surface area is 105 Å². The van der Waals surface area contributed by atoms with Crippen LogP contribution in [0.4, 0.5) is 0 Å². The number of hydrogen-bond acceptors (Lipinski definition) is 1. The number of nitrogens with zero attached hydrogens (tertiary/aromatic N) is 1. The summed E-state index contributed by atoms with van der Waals surface area (Å²) in [5.41, 5.74) is 2.74. The molecule has 96 valence electrons. The highest BCUT2D eigenvalue weighted by Gasteiger charge is 2.33. The van der Waals surface area contributed by atoms with Crippen LogP contribution in [0.3, 0.4) is 0 Å². The molecule has 1 heterocycles. The molecule has 2 unspecified atom stereocenters. The average Bonchev–Trinajstić information content (AvgIpc) is 2.60. The van der Waals surface area contributed by atoms with Gasteiger partial charge in [0, 0.05) is 24.0 Å². The lowest BCUT2D eigenvalue weighted by molar-refractivity contribution is 0.0977. The van der Waals surface area contributed by atoms with Gasteiger partial charge in [0.25, 0.3) is 0 Å². The first-order valence-corrected chi connectivity index (χ1v) is 6.79. The van der Waals surface area contributed by atoms with E-state index in [1.54, 1.807) is 0 Å². The molecule has 0 radical (unpaired) electrons. The first-order valence-electron chi connectivity index (χ1n) is 6.79. The molecule has 0 saturated carbocycles. The fraction of sp³-hybridized carbons (Fsp3) is 0.733. The topological polar surface area (TPSA) is 25.2 Å². The van der Waals surface area contributed by atoms with Gasteiger partial charge in [-0.1, -0.05) is 34.1 Å². The van der Waals surface area contributed by atoms with Crippen LogP contribution in [0.2, 0.25) is 0 Å². The molecule has 0 aromatic carbocycles. The lowest BCUT2D eigenvalue weighted by atomic mass is 9.75. The van der Waals surface area contributed by atoms with E-state index in [0.29, 0.717) is 5.92 Å². The summed E-state index contributed by atoms with van der Waals surface area (Å²) in [5.74, 6) is 0.702. The molecule has 1 aromatic rings. The number of fused-ring (bicyclic) bond motifs is 1. The Balaban J connectivity index is 2.27. The number of aliphatic hydroxyl groups excluding tert-OH is 1. The SMILES string of the molecule is CCC(C)Cn1ccc2c1CC(C)(C)CC2O. The molecule has 0 amide bonds. The van der Waals surface area contributed by atoms with Gasteiger partial charge in [-0.25, -0.2) is 0 Å². The van der Waals surface area contributed by atoms with Gasteiger partial charge >= 0.3 is 0 Å². The van der Waals surface area contributed by atoms with Gasteiger partial charge in [0.2, 0.25) is 0 Å². The van der Waals surface area contributed by atoms with Crippen LogP contribution in [0.1, 0.15) is 57.9 Å². The standard InChI is InChI=1S/C15H25NO/c1-5-11(2)10-16-7-6-12-13(16)8-15(3,4)9-14(12)17/h6-7,11,14,17H,5,8-10H2,1-4H3. The number of aliphatic hydroxyl groups is 1. The average molecular weight is 235 g/mol. The van der Waals surface area contributed by atoms with Gasteiger partial charge in [0.05, 0.1) is 6.10 Å². The van der Waals surface area contributed by atoms with Crippen molar-refractivity contribution in [2.24, 2.45) is 11.3 Å². The van der Waals surface area contributed by atoms with Crippen LogP contribution >= 0.6 is 0 Å². The number of aromatic nitrogens is 1. The van der Waals surface area contributed by atoms with Crippen molar-refractivity contribution in [2.75, 3.05) is 0 Å². The van der Waals surface area contributed by atoms with Crippen molar-refractivity contribution < 1.29 is 5.11 Å². The summed E-state index contributed by atoms with van der Waals surface area (Å²) in [5, 5.41) is 10.2. The Morgan fingerprint density at radius 3 is 2.88 bits per heavy atom. The second kappa shape index (κ2) is 4.49. The first-order chi connectivity index (χ1) is 7.93. The summed E-state index contributed by atoms with van der Waals surface area (Å²) in [4.78, 5) is 0. The van der Waals surface area contributed by atoms with Crippen LogP contribution in [-0.2, 0) is 13.0 Å². The molecule has 0 spiro atoms. The summed E-state index contributed by atoms with van der Waals surface area (Å²) in [6.07, 6.45) is 5.06. The van der Waals surface area contributed by atoms with E-state index < -0.39 is 0 Å². The second-order valence-electron chi connectivity index (χ2n) is 6.44. The second-order valence-corrected chi connectivity index (χ2v) is 6.44. The van der Waals surface area contributed by atoms with Gasteiger partial charge in [-0.05, 0) is 30.2 Å². The van der Waals surface area contributed by atoms with E-state index in [4.69, 9.17) is 0 Å². The minimum Gasteiger partial charge on any atom is -0.388 e. The molecular formula is C15H25NO. The van der Waals surface area contributed by atoms with Crippen molar-refractivity contribution in [2.45, 2.75) is 59.6 Å². The lowest BCUT2D eigenvalue weighted by Gasteiger charge is -2.34. The Morgan fingerprint density at radius 2 is 2.24 bits per heavy atom. The molecule has 2 nitrogen and oxygen atoms in total. The van der Waals surface area contributed by atoms with Gasteiger partial charge in [0.15, 0.2) is 0 Å². The molecule has 1 N–H and O–H groups in total. The van der Waals surface area contributed by atoms with E-state index >= 15 is 0 Å². The molecule has 2 atom stereocenters. The molecule has 0 saturated heterocycles. The summed E-state index contributed by atoms with van der Waals surface area (Å²) in [6, 6.07) is 2.11. The zero-order valence-electron chi connectivity index (χ0n) is 11.5. The predicted octanol–water partition coefficient (Wildman–Crippen LogP) is 3.54. The van der Waals surface area contributed by atoms with E-state index in [1.807, 2.05) is 0 Å². The molecule has 0 bridgehead atoms. The van der Waals surface area contributed by atoms with Crippen molar-refractivity contribution in [1.82, 2.24) is 4.57 Å². The maximum atomic E-state index is 10.2. The third-order valence-electron chi connectivity index (χ3n) is 4.07. The van der Waals surface area contributed by atoms with E-state index in [-0.39, 0.29) is 11.5 Å². The fourth-order valence-corrected chi connectivity index (χ4v) is 2.82. The Morgan fingerprint density at radius 1 is 1.53 bits per heavy atom. The Bertz CT molecular complexity index is 392. The van der Waals surface area contributed by atoms with Gasteiger partial charge in [-0.2, -0.15) is 0 Å². The maximum Gasteiger partial charge on any atom is 0.0812 e. The van der Waals surface area contributed by atoms with Crippen molar-refractivity contribution in [1.29, 1.82) is 0 Å². The molecule has 1 aromatic heterocycles. The van der Waals surface area contributed by atoms with Gasteiger partial charge in [-0.3, -0.25) is 0 Å². The summed E-state index contributed by atoms with van der Waals surface area (Å²) < 4.78 is 2.35. The van der Waals surface area contributed by atoms with Crippen LogP contribution in [-0.4, -0.2) is 9.67 Å². The molecular weight excluding hydrogens is 210 g/mol. The smallest absolute Gasteiger partial charge is 0.0812 e. The summed E-state index contributed by atoms with van der Waals surface area (Å²) in [6.45, 7) is 10.1. The highest BCUT2D eigenvalue weighted by Crippen LogP contribution is 2.41. The van der Waals surface area contributed by atoms with Crippen LogP contribution < -0.4 is 0 Å². The Kier molecular flexibility index (Phi) is 3.35. The van der Waals surface area contributed by atoms with Crippen molar-refractivity contribution in [3.05, 3.63) is 23.5 Å². The highest BCUT2D eigenvalue weighted by molar-refractivity contribution is 5.29. The minimum absolute atomic E-state index is 0.220. The summed E-state index contributed by atoms with van der Waals surface area (Å²) in [7, 11) is 0. The Hall–Kier alpha value is -0.760. The summed E-state index contributed by atoms with van der Waals surface area (Å²) >= 11 is 0. The van der Waals surface area contributed by atoms with E-state index in [1.165, 1.54) is 12.1 Å². The van der Waals surface area contributed by atoms with Crippen LogP contribution in [0.5, 0.6) is 0 Å². The molecule has 0 aliphatic heterocycles. The highest BCUT2D eigenvalue weighted by atomic mass is 16.3. The zero-order chi connectivity index (χ0) is 12.6. The maximum absolute atomic E-state index is 10.2. The lowest BCUT2D eigenvalue weighted by Crippen LogP contribution is -2.27. The van der Waals surface area contributed by atoms with Gasteiger partial charge < -0.3 is 9.67 Å². The van der Waals surface area contributed by atoms with E-state index in [2.05, 4.69) is 44.5 Å². The van der Waals surface area contributed by atoms with Crippen molar-refractivity contribution >= 4 is 0 Å². The van der Waals surface area contributed by atoms with Crippen LogP contribution in [0.25, 0.3) is 0 Å². The van der Waals surface area contributed by atoms with Crippen molar-refractivity contribution in [3.63, 3.8) is 0 Å². The minimum atomic E-state index is -0.271. The quantitative estimate of drug-likeness (QED) is 0.851. The van der Waals surface area contributed by atoms with E-state index in [0.717, 1.165) is 24.9 Å². The predicted molar refractivity (Wildman–Crippen MR) is 70.9 cm³/mol. The third-order valence-corrected chi connectivity index (χ3v) is 4.07. The molecule has 1 aliphatic rings. The van der Waals surface area contributed by atoms with E-state index in [9.17, 15) is 5.11 Å². The van der Waals surface area contributed by atoms with Gasteiger partial charge in [-0.15, -0.1) is 0 Å². The fourth-order valence-electron chi connectivity index (χ4n) is 2.82. The normalized spacial score (nSPS) is 24.4. The number of hydrogen-bond donors (Lipinski definition) is 1. The van der Waals surface area contributed by atoms with Crippen molar-refractivity contribution in [3.8, 4) is 0 Å². The largest absolute Gasteiger partial charge is 0.388 e. The molecule has 2 rings (SSSR count). The van der Waals surface area contributed by atoms with Gasteiger partial charge in [0.1, 0.15) is 0 Å². The molecule has 2 heteroatoms. The zero-order valence-corrected chi connectivity index (χ0v) is 11.5. The monoisotopic (exact) mass is 235 g/mol. The molecule has 17 heavy (non-hydrogen) atoms. The number of rotatable bonds is 3. The first kappa shape index (κ1) is 12.7. The molecule has 1 aliphatic carbocycles. The van der Waals surface area contributed by atoms with Crippen LogP contribution in [0.15, 0.2) is 12.3 Å².